The average Bonchev–Trinajstić information content (AvgIpc) is 2.36. The fourth-order valence-electron chi connectivity index (χ4n) is 1.62. The number of halogens is 3. The van der Waals surface area contributed by atoms with E-state index in [2.05, 4.69) is 21.2 Å². The van der Waals surface area contributed by atoms with Gasteiger partial charge in [0.2, 0.25) is 0 Å². The zero-order chi connectivity index (χ0) is 14.0. The third-order valence-corrected chi connectivity index (χ3v) is 3.57. The lowest BCUT2D eigenvalue weighted by Crippen LogP contribution is -2.13. The molecule has 1 amide bonds. The van der Waals surface area contributed by atoms with Gasteiger partial charge in [-0.3, -0.25) is 4.79 Å². The summed E-state index contributed by atoms with van der Waals surface area (Å²) in [5.41, 5.74) is 1.53. The number of rotatable bonds is 2. The van der Waals surface area contributed by atoms with Crippen LogP contribution in [0.5, 0.6) is 0 Å². The zero-order valence-electron chi connectivity index (χ0n) is 10.0. The summed E-state index contributed by atoms with van der Waals surface area (Å²) in [4.78, 5) is 12.1. The van der Waals surface area contributed by atoms with Gasteiger partial charge in [0, 0.05) is 5.69 Å². The molecule has 0 atom stereocenters. The van der Waals surface area contributed by atoms with E-state index in [0.29, 0.717) is 20.7 Å². The highest BCUT2D eigenvalue weighted by Crippen LogP contribution is 2.25. The van der Waals surface area contributed by atoms with Crippen LogP contribution < -0.4 is 5.32 Å². The second-order valence-electron chi connectivity index (χ2n) is 4.02. The van der Waals surface area contributed by atoms with E-state index in [4.69, 9.17) is 11.6 Å². The molecule has 19 heavy (non-hydrogen) atoms. The van der Waals surface area contributed by atoms with Gasteiger partial charge in [-0.15, -0.1) is 0 Å². The Morgan fingerprint density at radius 1 is 1.32 bits per heavy atom. The van der Waals surface area contributed by atoms with Gasteiger partial charge in [0.1, 0.15) is 5.82 Å². The number of anilines is 1. The molecule has 0 aliphatic heterocycles. The van der Waals surface area contributed by atoms with E-state index in [1.807, 2.05) is 0 Å². The van der Waals surface area contributed by atoms with E-state index < -0.39 is 5.82 Å². The predicted octanol–water partition coefficient (Wildman–Crippen LogP) is 4.80. The van der Waals surface area contributed by atoms with Crippen LogP contribution in [-0.2, 0) is 0 Å². The van der Waals surface area contributed by atoms with Gasteiger partial charge in [-0.2, -0.15) is 0 Å². The highest BCUT2D eigenvalue weighted by Gasteiger charge is 2.12. The van der Waals surface area contributed by atoms with Crippen LogP contribution in [0.1, 0.15) is 15.9 Å². The van der Waals surface area contributed by atoms with E-state index >= 15 is 0 Å². The Hall–Kier alpha value is -1.39. The summed E-state index contributed by atoms with van der Waals surface area (Å²) in [5.74, 6) is -0.796. The van der Waals surface area contributed by atoms with Crippen molar-refractivity contribution in [2.75, 3.05) is 5.32 Å². The molecule has 0 unspecified atom stereocenters. The smallest absolute Gasteiger partial charge is 0.257 e. The van der Waals surface area contributed by atoms with Crippen molar-refractivity contribution in [3.05, 3.63) is 62.8 Å². The molecule has 0 bridgehead atoms. The molecule has 2 nitrogen and oxygen atoms in total. The highest BCUT2D eigenvalue weighted by atomic mass is 79.9. The summed E-state index contributed by atoms with van der Waals surface area (Å²) < 4.78 is 13.8. The molecule has 2 aromatic rings. The monoisotopic (exact) mass is 341 g/mol. The number of amides is 1. The zero-order valence-corrected chi connectivity index (χ0v) is 12.3. The molecule has 0 aromatic heterocycles. The van der Waals surface area contributed by atoms with Crippen molar-refractivity contribution in [1.29, 1.82) is 0 Å². The minimum atomic E-state index is -0.431. The summed E-state index contributed by atoms with van der Waals surface area (Å²) in [6, 6.07) is 9.58. The summed E-state index contributed by atoms with van der Waals surface area (Å²) in [6.45, 7) is 1.78. The fourth-order valence-corrected chi connectivity index (χ4v) is 2.30. The Balaban J connectivity index is 2.30. The first-order valence-corrected chi connectivity index (χ1v) is 6.67. The molecule has 0 saturated heterocycles. The molecule has 0 aliphatic rings. The van der Waals surface area contributed by atoms with E-state index in [1.54, 1.807) is 37.3 Å². The summed E-state index contributed by atoms with van der Waals surface area (Å²) in [6.07, 6.45) is 0. The third kappa shape index (κ3) is 3.14. The predicted molar refractivity (Wildman–Crippen MR) is 78.2 cm³/mol. The van der Waals surface area contributed by atoms with Crippen LogP contribution in [0.25, 0.3) is 0 Å². The first-order chi connectivity index (χ1) is 8.99. The summed E-state index contributed by atoms with van der Waals surface area (Å²) in [7, 11) is 0. The number of hydrogen-bond acceptors (Lipinski definition) is 1. The van der Waals surface area contributed by atoms with E-state index in [-0.39, 0.29) is 5.91 Å². The lowest BCUT2D eigenvalue weighted by molar-refractivity contribution is 0.102. The number of hydrogen-bond donors (Lipinski definition) is 1. The Bertz CT molecular complexity index is 645. The van der Waals surface area contributed by atoms with Gasteiger partial charge in [0.15, 0.2) is 0 Å². The molecule has 0 radical (unpaired) electrons. The van der Waals surface area contributed by atoms with Crippen molar-refractivity contribution in [2.24, 2.45) is 0 Å². The second kappa shape index (κ2) is 5.72. The van der Waals surface area contributed by atoms with Crippen LogP contribution in [0.3, 0.4) is 0 Å². The number of carbonyl (C=O) groups is 1. The highest BCUT2D eigenvalue weighted by molar-refractivity contribution is 9.10. The van der Waals surface area contributed by atoms with E-state index in [9.17, 15) is 9.18 Å². The van der Waals surface area contributed by atoms with Crippen LogP contribution >= 0.6 is 27.5 Å². The van der Waals surface area contributed by atoms with Crippen molar-refractivity contribution in [2.45, 2.75) is 6.92 Å². The van der Waals surface area contributed by atoms with Crippen LogP contribution in [-0.4, -0.2) is 5.91 Å². The number of aryl methyl sites for hydroxylation is 1. The molecular weight excluding hydrogens is 333 g/mol. The van der Waals surface area contributed by atoms with Crippen molar-refractivity contribution < 1.29 is 9.18 Å². The first kappa shape index (κ1) is 14.0. The van der Waals surface area contributed by atoms with Gasteiger partial charge < -0.3 is 5.32 Å². The standard InChI is InChI=1S/C14H10BrClFNO/c1-8-6-10(15)12(17)7-13(8)18-14(19)9-4-2-3-5-11(9)16/h2-7H,1H3,(H,18,19). The molecule has 0 spiro atoms. The van der Waals surface area contributed by atoms with Crippen LogP contribution in [0.4, 0.5) is 10.1 Å². The second-order valence-corrected chi connectivity index (χ2v) is 5.28. The lowest BCUT2D eigenvalue weighted by Gasteiger charge is -2.10. The number of nitrogens with one attached hydrogen (secondary N) is 1. The van der Waals surface area contributed by atoms with Crippen LogP contribution in [0.15, 0.2) is 40.9 Å². The maximum atomic E-state index is 13.5. The molecule has 5 heteroatoms. The van der Waals surface area contributed by atoms with Gasteiger partial charge in [0.05, 0.1) is 15.1 Å². The van der Waals surface area contributed by atoms with Gasteiger partial charge in [-0.1, -0.05) is 23.7 Å². The lowest BCUT2D eigenvalue weighted by atomic mass is 10.1. The van der Waals surface area contributed by atoms with Gasteiger partial charge >= 0.3 is 0 Å². The Morgan fingerprint density at radius 2 is 2.00 bits per heavy atom. The summed E-state index contributed by atoms with van der Waals surface area (Å²) in [5, 5.41) is 3.01. The maximum absolute atomic E-state index is 13.5. The number of carbonyl (C=O) groups excluding carboxylic acids is 1. The molecule has 0 aliphatic carbocycles. The van der Waals surface area contributed by atoms with Crippen molar-refractivity contribution >= 4 is 39.1 Å². The quantitative estimate of drug-likeness (QED) is 0.834. The summed E-state index contributed by atoms with van der Waals surface area (Å²) >= 11 is 9.03. The third-order valence-electron chi connectivity index (χ3n) is 2.63. The van der Waals surface area contributed by atoms with Crippen LogP contribution in [0, 0.1) is 12.7 Å². The Labute approximate surface area is 123 Å². The molecule has 98 valence electrons. The maximum Gasteiger partial charge on any atom is 0.257 e. The molecule has 2 rings (SSSR count). The SMILES string of the molecule is Cc1cc(Br)c(F)cc1NC(=O)c1ccccc1Cl. The normalized spacial score (nSPS) is 10.3. The molecule has 0 heterocycles. The molecule has 0 fully saturated rings. The Kier molecular flexibility index (Phi) is 4.22. The van der Waals surface area contributed by atoms with E-state index in [1.165, 1.54) is 6.07 Å². The number of benzene rings is 2. The first-order valence-electron chi connectivity index (χ1n) is 5.50. The van der Waals surface area contributed by atoms with Crippen molar-refractivity contribution in [3.63, 3.8) is 0 Å². The van der Waals surface area contributed by atoms with Crippen molar-refractivity contribution in [1.82, 2.24) is 0 Å². The minimum Gasteiger partial charge on any atom is -0.322 e. The van der Waals surface area contributed by atoms with Gasteiger partial charge in [-0.05, 0) is 52.7 Å². The molecule has 1 N–H and O–H groups in total. The largest absolute Gasteiger partial charge is 0.322 e. The topological polar surface area (TPSA) is 29.1 Å². The minimum absolute atomic E-state index is 0.354. The molecule has 2 aromatic carbocycles. The van der Waals surface area contributed by atoms with Crippen molar-refractivity contribution in [3.8, 4) is 0 Å². The van der Waals surface area contributed by atoms with Gasteiger partial charge in [0.25, 0.3) is 5.91 Å². The molecule has 0 saturated carbocycles. The molecular formula is C14H10BrClFNO. The van der Waals surface area contributed by atoms with E-state index in [0.717, 1.165) is 5.56 Å². The fraction of sp³-hybridized carbons (Fsp3) is 0.0714. The van der Waals surface area contributed by atoms with Crippen LogP contribution in [0.2, 0.25) is 5.02 Å². The van der Waals surface area contributed by atoms with Gasteiger partial charge in [-0.25, -0.2) is 4.39 Å². The Morgan fingerprint density at radius 3 is 2.68 bits per heavy atom. The average molecular weight is 343 g/mol.